The van der Waals surface area contributed by atoms with E-state index in [1.807, 2.05) is 21.2 Å². The quantitative estimate of drug-likeness (QED) is 0.785. The van der Waals surface area contributed by atoms with E-state index in [0.717, 1.165) is 5.75 Å². The van der Waals surface area contributed by atoms with Crippen LogP contribution in [0, 0.1) is 0 Å². The third-order valence-corrected chi connectivity index (χ3v) is 2.97. The van der Waals surface area contributed by atoms with Crippen molar-refractivity contribution < 1.29 is 9.53 Å². The molecule has 0 aliphatic carbocycles. The number of carbonyl (C=O) groups excluding carboxylic acids is 1. The Kier molecular flexibility index (Phi) is 3.87. The zero-order valence-electron chi connectivity index (χ0n) is 6.41. The van der Waals surface area contributed by atoms with E-state index in [9.17, 15) is 4.79 Å². The largest absolute Gasteiger partial charge is 0.497 e. The third kappa shape index (κ3) is 2.38. The summed E-state index contributed by atoms with van der Waals surface area (Å²) in [4.78, 5) is 11.1. The fourth-order valence-electron chi connectivity index (χ4n) is 0.772. The van der Waals surface area contributed by atoms with Crippen molar-refractivity contribution in [1.82, 2.24) is 0 Å². The van der Waals surface area contributed by atoms with Crippen LogP contribution in [0.25, 0.3) is 0 Å². The van der Waals surface area contributed by atoms with Crippen molar-refractivity contribution >= 4 is 35.3 Å². The predicted octanol–water partition coefficient (Wildman–Crippen LogP) is 2.92. The molecule has 12 heavy (non-hydrogen) atoms. The maximum atomic E-state index is 11.1. The topological polar surface area (TPSA) is 26.3 Å². The molecule has 1 aromatic rings. The molecule has 64 valence electrons. The highest BCUT2D eigenvalue weighted by Gasteiger charge is 2.03. The molecule has 0 heterocycles. The molecule has 1 aromatic carbocycles. The van der Waals surface area contributed by atoms with E-state index in [2.05, 4.69) is 0 Å². The van der Waals surface area contributed by atoms with Gasteiger partial charge in [0.15, 0.2) is 0 Å². The van der Waals surface area contributed by atoms with Crippen molar-refractivity contribution in [2.24, 2.45) is 0 Å². The van der Waals surface area contributed by atoms with Gasteiger partial charge in [-0.3, -0.25) is 4.79 Å². The molecule has 0 unspecified atom stereocenters. The number of benzene rings is 1. The van der Waals surface area contributed by atoms with Crippen LogP contribution in [0.15, 0.2) is 24.3 Å². The van der Waals surface area contributed by atoms with Crippen LogP contribution in [0.5, 0.6) is 5.75 Å². The van der Waals surface area contributed by atoms with Gasteiger partial charge in [-0.15, -0.1) is 0 Å². The van der Waals surface area contributed by atoms with Crippen LogP contribution in [-0.2, 0) is 0 Å². The summed E-state index contributed by atoms with van der Waals surface area (Å²) in [6.45, 7) is 0. The Morgan fingerprint density at radius 2 is 2.00 bits per heavy atom. The number of rotatable bonds is 2. The van der Waals surface area contributed by atoms with E-state index < -0.39 is 0 Å². The predicted molar refractivity (Wildman–Crippen MR) is 58.9 cm³/mol. The van der Waals surface area contributed by atoms with Crippen molar-refractivity contribution in [3.8, 4) is 5.75 Å². The number of hydrogen-bond acceptors (Lipinski definition) is 3. The number of methoxy groups -OCH3 is 1. The Labute approximate surface area is 87.3 Å². The van der Waals surface area contributed by atoms with E-state index in [4.69, 9.17) is 4.74 Å². The zero-order valence-corrected chi connectivity index (χ0v) is 9.39. The van der Waals surface area contributed by atoms with Gasteiger partial charge < -0.3 is 4.74 Å². The monoisotopic (exact) mass is 294 g/mol. The summed E-state index contributed by atoms with van der Waals surface area (Å²) in [6, 6.07) is 7.07. The minimum Gasteiger partial charge on any atom is -0.497 e. The molecule has 0 fully saturated rings. The van der Waals surface area contributed by atoms with Crippen molar-refractivity contribution in [2.75, 3.05) is 7.11 Å². The first kappa shape index (κ1) is 9.85. The molecule has 0 amide bonds. The van der Waals surface area contributed by atoms with E-state index in [1.54, 1.807) is 31.4 Å². The van der Waals surface area contributed by atoms with Gasteiger partial charge in [0, 0.05) is 26.8 Å². The first-order chi connectivity index (χ1) is 5.77. The van der Waals surface area contributed by atoms with Gasteiger partial charge in [-0.1, -0.05) is 0 Å². The molecule has 0 aliphatic heterocycles. The Hall–Kier alpha value is -0.230. The minimum atomic E-state index is 0.0678. The smallest absolute Gasteiger partial charge is 0.229 e. The highest BCUT2D eigenvalue weighted by atomic mass is 127. The van der Waals surface area contributed by atoms with Crippen LogP contribution in [-0.4, -0.2) is 12.2 Å². The molecule has 4 heteroatoms. The van der Waals surface area contributed by atoms with Crippen molar-refractivity contribution in [3.05, 3.63) is 29.8 Å². The molecule has 0 atom stereocenters. The lowest BCUT2D eigenvalue weighted by Crippen LogP contribution is -1.90. The molecule has 0 saturated carbocycles. The molecule has 2 nitrogen and oxygen atoms in total. The summed E-state index contributed by atoms with van der Waals surface area (Å²) >= 11 is 1.97. The minimum absolute atomic E-state index is 0.0678. The molecule has 0 bridgehead atoms. The number of carbonyl (C=O) groups is 1. The van der Waals surface area contributed by atoms with E-state index in [1.165, 1.54) is 8.93 Å². The molecule has 0 saturated heterocycles. The van der Waals surface area contributed by atoms with Gasteiger partial charge in [0.05, 0.1) is 7.11 Å². The summed E-state index contributed by atoms with van der Waals surface area (Å²) in [5, 5.41) is 0.0678. The summed E-state index contributed by atoms with van der Waals surface area (Å²) in [7, 11) is 2.78. The first-order valence-electron chi connectivity index (χ1n) is 3.25. The molecule has 0 aromatic heterocycles. The molecular weight excluding hydrogens is 287 g/mol. The average molecular weight is 294 g/mol. The van der Waals surface area contributed by atoms with Crippen LogP contribution < -0.4 is 4.74 Å². The molecule has 0 N–H and O–H groups in total. The van der Waals surface area contributed by atoms with E-state index in [0.29, 0.717) is 5.56 Å². The summed E-state index contributed by atoms with van der Waals surface area (Å²) < 4.78 is 4.96. The summed E-state index contributed by atoms with van der Waals surface area (Å²) in [6.07, 6.45) is 0. The van der Waals surface area contributed by atoms with Crippen LogP contribution >= 0.6 is 30.1 Å². The lowest BCUT2D eigenvalue weighted by molar-refractivity contribution is 0.109. The lowest BCUT2D eigenvalue weighted by Gasteiger charge is -1.99. The van der Waals surface area contributed by atoms with Gasteiger partial charge in [0.25, 0.3) is 0 Å². The maximum absolute atomic E-state index is 11.1. The Morgan fingerprint density at radius 1 is 1.42 bits per heavy atom. The van der Waals surface area contributed by atoms with Gasteiger partial charge in [-0.25, -0.2) is 0 Å². The molecule has 1 rings (SSSR count). The van der Waals surface area contributed by atoms with Gasteiger partial charge in [-0.2, -0.15) is 0 Å². The molecule has 0 radical (unpaired) electrons. The van der Waals surface area contributed by atoms with E-state index in [-0.39, 0.29) is 5.12 Å². The normalized spacial score (nSPS) is 9.50. The Balaban J connectivity index is 2.84. The number of ether oxygens (including phenoxy) is 1. The summed E-state index contributed by atoms with van der Waals surface area (Å²) in [5.74, 6) is 0.769. The maximum Gasteiger partial charge on any atom is 0.229 e. The van der Waals surface area contributed by atoms with Crippen LogP contribution in [0.1, 0.15) is 10.4 Å². The fraction of sp³-hybridized carbons (Fsp3) is 0.125. The van der Waals surface area contributed by atoms with Gasteiger partial charge in [-0.05, 0) is 33.2 Å². The number of halogens is 1. The fourth-order valence-corrected chi connectivity index (χ4v) is 1.76. The zero-order chi connectivity index (χ0) is 8.97. The van der Waals surface area contributed by atoms with Crippen LogP contribution in [0.3, 0.4) is 0 Å². The van der Waals surface area contributed by atoms with Gasteiger partial charge in [0.2, 0.25) is 5.12 Å². The first-order valence-corrected chi connectivity index (χ1v) is 6.61. The second-order valence-corrected chi connectivity index (χ2v) is 3.94. The molecular formula is C8H7IO2S. The second-order valence-electron chi connectivity index (χ2n) is 2.09. The lowest BCUT2D eigenvalue weighted by atomic mass is 10.2. The average Bonchev–Trinajstić information content (AvgIpc) is 2.17. The highest BCUT2D eigenvalue weighted by molar-refractivity contribution is 14.2. The third-order valence-electron chi connectivity index (χ3n) is 1.40. The van der Waals surface area contributed by atoms with Crippen molar-refractivity contribution in [1.29, 1.82) is 0 Å². The van der Waals surface area contributed by atoms with Crippen LogP contribution in [0.4, 0.5) is 0 Å². The van der Waals surface area contributed by atoms with Crippen molar-refractivity contribution in [3.63, 3.8) is 0 Å². The summed E-state index contributed by atoms with van der Waals surface area (Å²) in [5.41, 5.74) is 0.704. The van der Waals surface area contributed by atoms with Crippen LogP contribution in [0.2, 0.25) is 0 Å². The van der Waals surface area contributed by atoms with Gasteiger partial charge >= 0.3 is 0 Å². The van der Waals surface area contributed by atoms with Crippen molar-refractivity contribution in [2.45, 2.75) is 0 Å². The second kappa shape index (κ2) is 4.71. The molecule has 0 aliphatic rings. The Bertz CT molecular complexity index is 271. The standard InChI is InChI=1S/C8H7IO2S/c1-11-7-4-2-6(3-5-7)8(10)12-9/h2-5H,1H3. The SMILES string of the molecule is COc1ccc(C(=O)SI)cc1. The highest BCUT2D eigenvalue weighted by Crippen LogP contribution is 2.20. The Morgan fingerprint density at radius 3 is 2.42 bits per heavy atom. The van der Waals surface area contributed by atoms with Gasteiger partial charge in [0.1, 0.15) is 5.75 Å². The number of hydrogen-bond donors (Lipinski definition) is 0. The van der Waals surface area contributed by atoms with E-state index >= 15 is 0 Å². The molecule has 0 spiro atoms.